The van der Waals surface area contributed by atoms with Gasteiger partial charge in [0.25, 0.3) is 11.1 Å². The number of nitrogens with one attached hydrogen (secondary N) is 1. The van der Waals surface area contributed by atoms with Gasteiger partial charge in [0, 0.05) is 122 Å². The van der Waals surface area contributed by atoms with Crippen LogP contribution < -0.4 is 15.9 Å². The van der Waals surface area contributed by atoms with Crippen molar-refractivity contribution < 1.29 is 97.4 Å². The van der Waals surface area contributed by atoms with Gasteiger partial charge in [-0.3, -0.25) is 9.59 Å². The van der Waals surface area contributed by atoms with Crippen molar-refractivity contribution >= 4 is 47.3 Å². The summed E-state index contributed by atoms with van der Waals surface area (Å²) in [6.07, 6.45) is 20.3. The van der Waals surface area contributed by atoms with Crippen LogP contribution in [0, 0.1) is 0 Å². The molecular weight excluding hydrogens is 1440 g/mol. The summed E-state index contributed by atoms with van der Waals surface area (Å²) >= 11 is 2.29. The fraction of sp³-hybridized carbons (Fsp3) is 0.698. The molecular formula is C63H98Ag2FIN9O12. The van der Waals surface area contributed by atoms with E-state index in [2.05, 4.69) is 59.1 Å². The van der Waals surface area contributed by atoms with Gasteiger partial charge in [0.1, 0.15) is 0 Å². The summed E-state index contributed by atoms with van der Waals surface area (Å²) < 4.78 is 36.1. The Balaban J connectivity index is 0.000000324. The zero-order valence-electron chi connectivity index (χ0n) is 52.4. The Bertz CT molecular complexity index is 2560. The number of rotatable bonds is 13. The van der Waals surface area contributed by atoms with E-state index in [0.717, 1.165) is 205 Å². The molecule has 25 heteroatoms. The van der Waals surface area contributed by atoms with Gasteiger partial charge in [-0.1, -0.05) is 47.7 Å². The Morgan fingerprint density at radius 3 is 1.36 bits per heavy atom. The van der Waals surface area contributed by atoms with Gasteiger partial charge in [-0.15, -0.1) is 0 Å². The number of ether oxygens (including phenoxy) is 4. The van der Waals surface area contributed by atoms with Crippen LogP contribution in [-0.2, 0) is 75.2 Å². The number of amides is 3. The number of piperidine rings is 3. The smallest absolute Gasteiger partial charge is 0.509 e. The number of hydrogen-bond donors (Lipinski definition) is 2. The summed E-state index contributed by atoms with van der Waals surface area (Å²) in [5.41, 5.74) is 3.16. The number of pyridine rings is 3. The zero-order chi connectivity index (χ0) is 62.1. The Labute approximate surface area is 565 Å². The number of aromatic amines is 1. The quantitative estimate of drug-likeness (QED) is 0.0309. The van der Waals surface area contributed by atoms with Crippen LogP contribution in [0.3, 0.4) is 0 Å². The van der Waals surface area contributed by atoms with Crippen molar-refractivity contribution in [1.82, 2.24) is 43.9 Å². The van der Waals surface area contributed by atoms with Crippen molar-refractivity contribution in [3.8, 4) is 5.88 Å². The van der Waals surface area contributed by atoms with Crippen LogP contribution >= 0.6 is 22.6 Å². The Hall–Kier alpha value is -3.89. The summed E-state index contributed by atoms with van der Waals surface area (Å²) in [7, 11) is 0. The van der Waals surface area contributed by atoms with Crippen LogP contribution in [-0.4, -0.2) is 202 Å². The Kier molecular flexibility index (Phi) is 39.7. The molecule has 3 amide bonds. The van der Waals surface area contributed by atoms with Crippen LogP contribution in [0.5, 0.6) is 5.88 Å². The molecule has 0 spiro atoms. The topological polar surface area (TPSA) is 222 Å². The first-order valence-corrected chi connectivity index (χ1v) is 33.1. The number of alkyl halides is 2. The van der Waals surface area contributed by atoms with E-state index in [9.17, 15) is 28.4 Å². The van der Waals surface area contributed by atoms with Crippen LogP contribution in [0.15, 0.2) is 64.6 Å². The minimum atomic E-state index is -0.845. The van der Waals surface area contributed by atoms with Crippen LogP contribution in [0.25, 0.3) is 0 Å². The fourth-order valence-corrected chi connectivity index (χ4v) is 13.0. The molecule has 0 saturated carbocycles. The molecule has 6 aliphatic heterocycles. The number of aromatic nitrogens is 3. The third-order valence-corrected chi connectivity index (χ3v) is 17.4. The van der Waals surface area contributed by atoms with Gasteiger partial charge >= 0.3 is 40.7 Å². The van der Waals surface area contributed by atoms with E-state index >= 15 is 0 Å². The van der Waals surface area contributed by atoms with Crippen LogP contribution in [0.2, 0.25) is 0 Å². The second-order valence-electron chi connectivity index (χ2n) is 22.3. The summed E-state index contributed by atoms with van der Waals surface area (Å²) in [6, 6.07) is 13.4. The molecule has 0 aliphatic carbocycles. The molecule has 1 radical (unpaired) electrons. The number of nitrogens with zero attached hydrogens (tertiary/aromatic N) is 8. The maximum absolute atomic E-state index is 12.6. The largest absolute Gasteiger partial charge is 1.00 e. The maximum atomic E-state index is 12.6. The van der Waals surface area contributed by atoms with Crippen molar-refractivity contribution in [3.05, 3.63) is 92.4 Å². The first-order valence-electron chi connectivity index (χ1n) is 31.6. The minimum absolute atomic E-state index is 0. The van der Waals surface area contributed by atoms with Crippen molar-refractivity contribution in [1.29, 1.82) is 0 Å². The molecule has 3 unspecified atom stereocenters. The zero-order valence-corrected chi connectivity index (χ0v) is 57.5. The molecule has 21 nitrogen and oxygen atoms in total. The van der Waals surface area contributed by atoms with Crippen molar-refractivity contribution in [3.63, 3.8) is 0 Å². The van der Waals surface area contributed by atoms with Crippen LogP contribution in [0.1, 0.15) is 165 Å². The van der Waals surface area contributed by atoms with E-state index in [-0.39, 0.29) is 74.2 Å². The van der Waals surface area contributed by atoms with E-state index in [4.69, 9.17) is 29.0 Å². The standard InChI is InChI=1S/C21H33N3O3.C20H30FN3O3.C19H29N3O3.C2H5I.CHO3.2Ag/c1-3-22-12-6-8-19(20(22)25)17-9-14-23(15-10-17)18-7-5-13-24(16-11-18)21(26)27-4-2;1-2-26-20(25)24-11-4-5-17(9-14-24)23-12-7-16(8-13-23)18-6-3-10-22-19(18)27-15-21;1-2-25-19(24)22-11-4-5-16(9-14-22)21-12-7-15(8-13-21)17-6-3-10-20-18(17)23;1-2-3;2-1-4-3;;/h6,8,12,17-18H,3-5,7,9-11,13-16H2,1-2H3;3,6,10,16-17H,2,4-5,7-9,11-15H2,1H3;3,6,10,15-16H,2,4-5,7-9,11-14H2,1H3,(H,20,23);2H2,1H3;3H;;/q;;;;-1;;+1. The maximum Gasteiger partial charge on any atom is 1.00 e. The molecule has 3 aromatic heterocycles. The summed E-state index contributed by atoms with van der Waals surface area (Å²) in [5.74, 6) is 1.52. The van der Waals surface area contributed by atoms with Gasteiger partial charge in [-0.05, 0) is 210 Å². The van der Waals surface area contributed by atoms with Crippen molar-refractivity contribution in [2.45, 2.75) is 173 Å². The van der Waals surface area contributed by atoms with Gasteiger partial charge in [0.2, 0.25) is 12.7 Å². The van der Waals surface area contributed by atoms with Gasteiger partial charge in [-0.2, -0.15) is 0 Å². The number of H-pyrrole nitrogens is 1. The van der Waals surface area contributed by atoms with Gasteiger partial charge in [-0.25, -0.2) is 29.0 Å². The van der Waals surface area contributed by atoms with E-state index in [1.807, 2.05) is 85.0 Å². The van der Waals surface area contributed by atoms with Gasteiger partial charge in [0.15, 0.2) is 0 Å². The predicted octanol–water partition coefficient (Wildman–Crippen LogP) is 10.2. The molecule has 0 aromatic carbocycles. The monoisotopic (exact) mass is 1530 g/mol. The number of carbonyl (C=O) groups excluding carboxylic acids is 4. The first kappa shape index (κ1) is 78.4. The predicted molar refractivity (Wildman–Crippen MR) is 338 cm³/mol. The van der Waals surface area contributed by atoms with E-state index in [0.29, 0.717) is 61.6 Å². The van der Waals surface area contributed by atoms with E-state index in [1.165, 1.54) is 4.43 Å². The molecule has 0 bridgehead atoms. The molecule has 503 valence electrons. The molecule has 6 aliphatic rings. The molecule has 3 aromatic rings. The molecule has 88 heavy (non-hydrogen) atoms. The Morgan fingerprint density at radius 2 is 0.989 bits per heavy atom. The van der Waals surface area contributed by atoms with E-state index < -0.39 is 6.86 Å². The summed E-state index contributed by atoms with van der Waals surface area (Å²) in [4.78, 5) is 91.9. The third-order valence-electron chi connectivity index (χ3n) is 17.4. The molecule has 6 fully saturated rings. The average Bonchev–Trinajstić information content (AvgIpc) is 4.10. The molecule has 9 heterocycles. The number of aryl methyl sites for hydroxylation is 1. The van der Waals surface area contributed by atoms with Crippen molar-refractivity contribution in [2.75, 3.05) is 110 Å². The number of likely N-dealkylation sites (tertiary alicyclic amines) is 6. The number of hydrogen-bond acceptors (Lipinski definition) is 16. The number of carbonyl (C=O) groups is 3. The minimum Gasteiger partial charge on any atom is -0.509 e. The SMILES string of the molecule is CCI.CCOC(=O)N1CCCC(N2CCC(c3ccc[nH]c3=O)CC2)CC1.CCOC(=O)N1CCCC(N2CCC(c3cccn(CC)c3=O)CC2)CC1.CCOC(=O)N1CCCC(N2CCC(c3cccnc3OCF)CC2)CC1.O=[C-]OO.[Ag+].[Ag]. The normalized spacial score (nSPS) is 20.8. The fourth-order valence-electron chi connectivity index (χ4n) is 13.0. The molecule has 6 saturated heterocycles. The molecule has 2 N–H and O–H groups in total. The average molecular weight is 1540 g/mol. The van der Waals surface area contributed by atoms with Crippen molar-refractivity contribution in [2.24, 2.45) is 0 Å². The Morgan fingerprint density at radius 1 is 0.602 bits per heavy atom. The molecule has 9 rings (SSSR count). The third kappa shape index (κ3) is 25.3. The molecule has 3 atom stereocenters. The van der Waals surface area contributed by atoms with Gasteiger partial charge in [0.05, 0.1) is 19.8 Å². The second kappa shape index (κ2) is 44.6. The first-order chi connectivity index (χ1) is 41.9. The van der Waals surface area contributed by atoms with Crippen LogP contribution in [0.4, 0.5) is 18.8 Å². The van der Waals surface area contributed by atoms with E-state index in [1.54, 1.807) is 17.0 Å². The van der Waals surface area contributed by atoms with Gasteiger partial charge < -0.3 is 67.6 Å². The second-order valence-corrected chi connectivity index (χ2v) is 23.9. The number of halogens is 2. The summed E-state index contributed by atoms with van der Waals surface area (Å²) in [6.45, 7) is 22.4. The summed E-state index contributed by atoms with van der Waals surface area (Å²) in [5, 5.41) is 6.95.